The first-order valence-electron chi connectivity index (χ1n) is 11.6. The number of thioether (sulfide) groups is 1. The molecule has 0 unspecified atom stereocenters. The van der Waals surface area contributed by atoms with E-state index in [1.807, 2.05) is 24.3 Å². The van der Waals surface area contributed by atoms with Gasteiger partial charge in [-0.25, -0.2) is 0 Å². The van der Waals surface area contributed by atoms with E-state index in [1.54, 1.807) is 36.0 Å². The molecule has 0 aliphatic heterocycles. The quantitative estimate of drug-likeness (QED) is 0.168. The molecule has 0 amide bonds. The van der Waals surface area contributed by atoms with Crippen molar-refractivity contribution < 1.29 is 10.2 Å². The Morgan fingerprint density at radius 1 is 0.686 bits per heavy atom. The van der Waals surface area contributed by atoms with Crippen LogP contribution < -0.4 is 0 Å². The molecule has 0 aliphatic carbocycles. The van der Waals surface area contributed by atoms with Gasteiger partial charge in [0.1, 0.15) is 11.5 Å². The smallest absolute Gasteiger partial charge is 0.165 e. The van der Waals surface area contributed by atoms with Crippen LogP contribution in [0.2, 0.25) is 0 Å². The molecule has 5 heteroatoms. The fourth-order valence-corrected chi connectivity index (χ4v) is 4.83. The number of benzene rings is 4. The van der Waals surface area contributed by atoms with E-state index in [1.165, 1.54) is 11.1 Å². The van der Waals surface area contributed by atoms with Gasteiger partial charge in [0.2, 0.25) is 0 Å². The Balaban J connectivity index is 1.71. The molecule has 0 aromatic heterocycles. The predicted octanol–water partition coefficient (Wildman–Crippen LogP) is 7.07. The second-order valence-electron chi connectivity index (χ2n) is 8.70. The molecule has 0 heterocycles. The number of hydrogen-bond acceptors (Lipinski definition) is 4. The Morgan fingerprint density at radius 2 is 1.34 bits per heavy atom. The third-order valence-electron chi connectivity index (χ3n) is 5.54. The molecule has 0 atom stereocenters. The minimum absolute atomic E-state index is 0.246. The van der Waals surface area contributed by atoms with Crippen molar-refractivity contribution in [2.45, 2.75) is 38.4 Å². The van der Waals surface area contributed by atoms with Gasteiger partial charge < -0.3 is 15.1 Å². The molecule has 178 valence electrons. The van der Waals surface area contributed by atoms with Crippen LogP contribution in [0.4, 0.5) is 0 Å². The van der Waals surface area contributed by atoms with Gasteiger partial charge in [0, 0.05) is 18.0 Å². The Labute approximate surface area is 211 Å². The minimum atomic E-state index is 0.246. The molecule has 4 aromatic carbocycles. The number of amidine groups is 1. The highest BCUT2D eigenvalue weighted by molar-refractivity contribution is 8.13. The van der Waals surface area contributed by atoms with Crippen LogP contribution >= 0.6 is 11.8 Å². The van der Waals surface area contributed by atoms with Gasteiger partial charge in [-0.2, -0.15) is 0 Å². The van der Waals surface area contributed by atoms with Crippen LogP contribution in [0.25, 0.3) is 0 Å². The molecular weight excluding hydrogens is 452 g/mol. The summed E-state index contributed by atoms with van der Waals surface area (Å²) in [6, 6.07) is 31.5. The Bertz CT molecular complexity index is 1300. The van der Waals surface area contributed by atoms with Crippen LogP contribution in [0.3, 0.4) is 0 Å². The van der Waals surface area contributed by atoms with Crippen molar-refractivity contribution in [1.29, 1.82) is 0 Å². The normalized spacial score (nSPS) is 11.4. The van der Waals surface area contributed by atoms with Crippen LogP contribution in [0, 0.1) is 13.8 Å². The number of nitrogens with zero attached hydrogens (tertiary/aromatic N) is 2. The van der Waals surface area contributed by atoms with Crippen LogP contribution in [-0.4, -0.2) is 20.3 Å². The maximum Gasteiger partial charge on any atom is 0.165 e. The fraction of sp³-hybridized carbons (Fsp3) is 0.167. The summed E-state index contributed by atoms with van der Waals surface area (Å²) in [4.78, 5) is 8.44. The summed E-state index contributed by atoms with van der Waals surface area (Å²) in [6.07, 6.45) is 0. The zero-order chi connectivity index (χ0) is 24.6. The Morgan fingerprint density at radius 3 is 2.06 bits per heavy atom. The average Bonchev–Trinajstić information content (AvgIpc) is 2.83. The number of aromatic hydroxyl groups is 2. The van der Waals surface area contributed by atoms with Gasteiger partial charge >= 0.3 is 0 Å². The topological polar surface area (TPSA) is 56.1 Å². The molecule has 0 saturated heterocycles. The minimum Gasteiger partial charge on any atom is -0.508 e. The summed E-state index contributed by atoms with van der Waals surface area (Å²) in [5.74, 6) is 0.493. The maximum atomic E-state index is 10.0. The zero-order valence-corrected chi connectivity index (χ0v) is 20.9. The second-order valence-corrected chi connectivity index (χ2v) is 9.74. The fourth-order valence-electron chi connectivity index (χ4n) is 3.84. The van der Waals surface area contributed by atoms with Gasteiger partial charge in [-0.1, -0.05) is 83.6 Å². The van der Waals surface area contributed by atoms with Crippen LogP contribution in [0.5, 0.6) is 11.5 Å². The maximum absolute atomic E-state index is 10.0. The third kappa shape index (κ3) is 7.39. The molecule has 0 fully saturated rings. The molecule has 0 radical (unpaired) electrons. The summed E-state index contributed by atoms with van der Waals surface area (Å²) in [5.41, 5.74) is 5.64. The first-order chi connectivity index (χ1) is 16.9. The molecule has 0 spiro atoms. The second kappa shape index (κ2) is 11.6. The Kier molecular flexibility index (Phi) is 8.11. The van der Waals surface area contributed by atoms with Crippen molar-refractivity contribution in [1.82, 2.24) is 4.90 Å². The number of aliphatic imine (C=N–C) groups is 1. The van der Waals surface area contributed by atoms with Gasteiger partial charge in [-0.3, -0.25) is 4.99 Å². The number of phenolic OH excluding ortho intramolecular Hbond substituents is 2. The number of aryl methyl sites for hydroxylation is 2. The summed E-state index contributed by atoms with van der Waals surface area (Å²) in [7, 11) is 0. The standard InChI is InChI=1S/C30H30N2O2S/c1-22-6-3-8-25(16-22)19-31-30(35-29-11-4-7-23(2)17-29)32(20-24-12-14-27(33)15-13-24)21-26-9-5-10-28(34)18-26/h3-18,33-34H,19-21H2,1-2H3. The SMILES string of the molecule is Cc1cccc(CN=C(Sc2cccc(C)c2)N(Cc2ccc(O)cc2)Cc2cccc(O)c2)c1. The Hall–Kier alpha value is -3.70. The lowest BCUT2D eigenvalue weighted by Crippen LogP contribution is -2.28. The van der Waals surface area contributed by atoms with Crippen LogP contribution in [0.1, 0.15) is 27.8 Å². The van der Waals surface area contributed by atoms with Crippen molar-refractivity contribution in [3.05, 3.63) is 125 Å². The van der Waals surface area contributed by atoms with Gasteiger partial charge in [0.15, 0.2) is 5.17 Å². The molecule has 2 N–H and O–H groups in total. The van der Waals surface area contributed by atoms with E-state index >= 15 is 0 Å². The van der Waals surface area contributed by atoms with Gasteiger partial charge in [0.05, 0.1) is 6.54 Å². The van der Waals surface area contributed by atoms with Gasteiger partial charge in [-0.05, 0) is 66.9 Å². The van der Waals surface area contributed by atoms with Crippen LogP contribution in [-0.2, 0) is 19.6 Å². The summed E-state index contributed by atoms with van der Waals surface area (Å²) in [6.45, 7) is 5.95. The van der Waals surface area contributed by atoms with Gasteiger partial charge in [0.25, 0.3) is 0 Å². The highest BCUT2D eigenvalue weighted by Crippen LogP contribution is 2.27. The van der Waals surface area contributed by atoms with Crippen molar-refractivity contribution in [2.24, 2.45) is 4.99 Å². The number of rotatable bonds is 7. The molecule has 35 heavy (non-hydrogen) atoms. The predicted molar refractivity (Wildman–Crippen MR) is 145 cm³/mol. The highest BCUT2D eigenvalue weighted by Gasteiger charge is 2.16. The van der Waals surface area contributed by atoms with Crippen molar-refractivity contribution in [3.8, 4) is 11.5 Å². The lowest BCUT2D eigenvalue weighted by Gasteiger charge is -2.26. The van der Waals surface area contributed by atoms with Crippen molar-refractivity contribution >= 4 is 16.9 Å². The molecule has 4 nitrogen and oxygen atoms in total. The number of phenols is 2. The van der Waals surface area contributed by atoms with Crippen LogP contribution in [0.15, 0.2) is 107 Å². The summed E-state index contributed by atoms with van der Waals surface area (Å²) in [5, 5.41) is 20.7. The molecule has 0 bridgehead atoms. The third-order valence-corrected chi connectivity index (χ3v) is 6.60. The highest BCUT2D eigenvalue weighted by atomic mass is 32.2. The van der Waals surface area contributed by atoms with E-state index in [0.717, 1.165) is 26.8 Å². The van der Waals surface area contributed by atoms with E-state index in [-0.39, 0.29) is 11.5 Å². The average molecular weight is 483 g/mol. The lowest BCUT2D eigenvalue weighted by molar-refractivity contribution is 0.410. The molecule has 0 saturated carbocycles. The van der Waals surface area contributed by atoms with E-state index in [9.17, 15) is 10.2 Å². The molecule has 4 aromatic rings. The summed E-state index contributed by atoms with van der Waals surface area (Å²) >= 11 is 1.64. The van der Waals surface area contributed by atoms with E-state index < -0.39 is 0 Å². The van der Waals surface area contributed by atoms with Gasteiger partial charge in [-0.15, -0.1) is 0 Å². The number of hydrogen-bond donors (Lipinski definition) is 2. The van der Waals surface area contributed by atoms with E-state index in [2.05, 4.69) is 67.3 Å². The van der Waals surface area contributed by atoms with E-state index in [0.29, 0.717) is 19.6 Å². The van der Waals surface area contributed by atoms with Crippen molar-refractivity contribution in [3.63, 3.8) is 0 Å². The van der Waals surface area contributed by atoms with E-state index in [4.69, 9.17) is 4.99 Å². The zero-order valence-electron chi connectivity index (χ0n) is 20.1. The largest absolute Gasteiger partial charge is 0.508 e. The monoisotopic (exact) mass is 482 g/mol. The molecule has 4 rings (SSSR count). The van der Waals surface area contributed by atoms with Crippen molar-refractivity contribution in [2.75, 3.05) is 0 Å². The molecular formula is C30H30N2O2S. The first kappa shape index (κ1) is 24.4. The molecule has 0 aliphatic rings. The lowest BCUT2D eigenvalue weighted by atomic mass is 10.1. The first-order valence-corrected chi connectivity index (χ1v) is 12.4. The summed E-state index contributed by atoms with van der Waals surface area (Å²) < 4.78 is 0.